The summed E-state index contributed by atoms with van der Waals surface area (Å²) < 4.78 is 15.4. The maximum atomic E-state index is 7.70. The molecule has 192 valence electrons. The van der Waals surface area contributed by atoms with Crippen molar-refractivity contribution in [1.29, 1.82) is 0 Å². The monoisotopic (exact) mass is 476 g/mol. The maximum Gasteiger partial charge on any atom is 0.345 e. The molecule has 0 bridgehead atoms. The van der Waals surface area contributed by atoms with Gasteiger partial charge in [-0.1, -0.05) is 116 Å². The lowest BCUT2D eigenvalue weighted by atomic mass is 9.99. The van der Waals surface area contributed by atoms with Crippen LogP contribution in [0.5, 0.6) is 0 Å². The molecule has 0 N–H and O–H groups in total. The fourth-order valence-corrected chi connectivity index (χ4v) is 13.1. The van der Waals surface area contributed by atoms with Gasteiger partial charge in [0, 0.05) is 23.3 Å². The Balaban J connectivity index is 1.62. The maximum absolute atomic E-state index is 7.70. The molecule has 4 aliphatic rings. The summed E-state index contributed by atoms with van der Waals surface area (Å²) in [5.41, 5.74) is 1.53. The van der Waals surface area contributed by atoms with E-state index in [1.165, 1.54) is 167 Å². The largest absolute Gasteiger partial charge is 0.391 e. The first-order chi connectivity index (χ1) is 16.4. The van der Waals surface area contributed by atoms with Crippen molar-refractivity contribution < 1.29 is 8.85 Å². The molecular weight excluding hydrogens is 420 g/mol. The van der Waals surface area contributed by atoms with Gasteiger partial charge >= 0.3 is 8.56 Å². The number of hydrogen-bond donors (Lipinski definition) is 0. The minimum absolute atomic E-state index is 0.497. The fourth-order valence-electron chi connectivity index (χ4n) is 7.70. The smallest absolute Gasteiger partial charge is 0.345 e. The summed E-state index contributed by atoms with van der Waals surface area (Å²) in [6, 6.07) is 0. The molecular formula is C30H56O2Si. The average Bonchev–Trinajstić information content (AvgIpc) is 3.22. The molecule has 4 fully saturated rings. The van der Waals surface area contributed by atoms with E-state index in [9.17, 15) is 0 Å². The summed E-state index contributed by atoms with van der Waals surface area (Å²) in [5, 5.41) is 0. The van der Waals surface area contributed by atoms with Crippen molar-refractivity contribution in [1.82, 2.24) is 0 Å². The highest BCUT2D eigenvalue weighted by Crippen LogP contribution is 2.50. The van der Waals surface area contributed by atoms with Crippen LogP contribution in [-0.2, 0) is 8.85 Å². The highest BCUT2D eigenvalue weighted by Gasteiger charge is 2.54. The van der Waals surface area contributed by atoms with Gasteiger partial charge in [0.2, 0.25) is 0 Å². The summed E-state index contributed by atoms with van der Waals surface area (Å²) >= 11 is 0. The number of hydrogen-bond acceptors (Lipinski definition) is 2. The molecule has 0 heterocycles. The Kier molecular flexibility index (Phi) is 11.6. The van der Waals surface area contributed by atoms with E-state index in [0.29, 0.717) is 12.2 Å². The molecule has 0 atom stereocenters. The lowest BCUT2D eigenvalue weighted by molar-refractivity contribution is 0.0391. The van der Waals surface area contributed by atoms with Crippen molar-refractivity contribution in [2.45, 2.75) is 190 Å². The summed E-state index contributed by atoms with van der Waals surface area (Å²) in [4.78, 5) is 0. The lowest BCUT2D eigenvalue weighted by Gasteiger charge is -2.47. The normalized spacial score (nSPS) is 27.6. The molecule has 0 unspecified atom stereocenters. The minimum atomic E-state index is -2.31. The van der Waals surface area contributed by atoms with E-state index in [1.54, 1.807) is 0 Å². The highest BCUT2D eigenvalue weighted by molar-refractivity contribution is 6.70. The quantitative estimate of drug-likeness (QED) is 0.280. The van der Waals surface area contributed by atoms with Crippen LogP contribution in [0.1, 0.15) is 167 Å². The second kappa shape index (κ2) is 14.6. The molecule has 0 aromatic carbocycles. The molecule has 0 aliphatic heterocycles. The second-order valence-corrected chi connectivity index (χ2v) is 15.8. The van der Waals surface area contributed by atoms with Crippen molar-refractivity contribution in [3.63, 3.8) is 0 Å². The predicted molar refractivity (Wildman–Crippen MR) is 143 cm³/mol. The van der Waals surface area contributed by atoms with Crippen LogP contribution < -0.4 is 0 Å². The van der Waals surface area contributed by atoms with E-state index in [-0.39, 0.29) is 0 Å². The first-order valence-corrected chi connectivity index (χ1v) is 17.7. The van der Waals surface area contributed by atoms with Crippen molar-refractivity contribution in [3.8, 4) is 0 Å². The van der Waals surface area contributed by atoms with E-state index < -0.39 is 8.56 Å². The lowest BCUT2D eigenvalue weighted by Crippen LogP contribution is -2.55. The Morgan fingerprint density at radius 3 is 0.848 bits per heavy atom. The standard InChI is InChI=1S/C30H56O2Si/c1-3-11-19-27(20-12-4-1)31-33(29-23-15-7-8-16-24-29,30-25-17-9-10-18-26-30)32-28-21-13-5-2-6-14-22-28/h27-30H,1-26H2. The van der Waals surface area contributed by atoms with Crippen LogP contribution in [-0.4, -0.2) is 20.8 Å². The summed E-state index contributed by atoms with van der Waals surface area (Å²) in [7, 11) is -2.31. The van der Waals surface area contributed by atoms with Crippen LogP contribution in [0.15, 0.2) is 0 Å². The molecule has 0 saturated heterocycles. The SMILES string of the molecule is C1CCCC(O[Si](OC2CCCCCCC2)(C2CCCCCC2)C2CCCCCC2)CCC1. The van der Waals surface area contributed by atoms with Crippen LogP contribution in [0.2, 0.25) is 11.1 Å². The summed E-state index contributed by atoms with van der Waals surface area (Å²) in [6.07, 6.45) is 37.4. The Labute approximate surface area is 207 Å². The average molecular weight is 477 g/mol. The third-order valence-electron chi connectivity index (χ3n) is 9.65. The van der Waals surface area contributed by atoms with Crippen LogP contribution in [0.3, 0.4) is 0 Å². The third-order valence-corrected chi connectivity index (χ3v) is 14.5. The van der Waals surface area contributed by atoms with Gasteiger partial charge in [-0.15, -0.1) is 0 Å². The Morgan fingerprint density at radius 2 is 0.545 bits per heavy atom. The molecule has 4 rings (SSSR count). The van der Waals surface area contributed by atoms with Gasteiger partial charge in [-0.2, -0.15) is 0 Å². The van der Waals surface area contributed by atoms with Gasteiger partial charge in [0.05, 0.1) is 0 Å². The number of rotatable bonds is 6. The highest BCUT2D eigenvalue weighted by atomic mass is 28.4. The summed E-state index contributed by atoms with van der Waals surface area (Å²) in [5.74, 6) is 0. The zero-order chi connectivity index (χ0) is 22.6. The van der Waals surface area contributed by atoms with Gasteiger partial charge < -0.3 is 8.85 Å². The van der Waals surface area contributed by atoms with Crippen LogP contribution >= 0.6 is 0 Å². The first kappa shape index (κ1) is 26.2. The zero-order valence-electron chi connectivity index (χ0n) is 22.0. The van der Waals surface area contributed by atoms with E-state index >= 15 is 0 Å². The zero-order valence-corrected chi connectivity index (χ0v) is 23.0. The van der Waals surface area contributed by atoms with Gasteiger partial charge in [-0.05, 0) is 51.4 Å². The van der Waals surface area contributed by atoms with Gasteiger partial charge in [0.15, 0.2) is 0 Å². The molecule has 33 heavy (non-hydrogen) atoms. The molecule has 0 aromatic heterocycles. The van der Waals surface area contributed by atoms with Crippen molar-refractivity contribution in [2.24, 2.45) is 0 Å². The van der Waals surface area contributed by atoms with Gasteiger partial charge in [0.1, 0.15) is 0 Å². The Bertz CT molecular complexity index is 445. The van der Waals surface area contributed by atoms with Gasteiger partial charge in [-0.25, -0.2) is 0 Å². The van der Waals surface area contributed by atoms with Crippen LogP contribution in [0, 0.1) is 0 Å². The first-order valence-electron chi connectivity index (χ1n) is 15.7. The van der Waals surface area contributed by atoms with E-state index in [2.05, 4.69) is 0 Å². The third kappa shape index (κ3) is 8.07. The van der Waals surface area contributed by atoms with Gasteiger partial charge in [-0.3, -0.25) is 0 Å². The predicted octanol–water partition coefficient (Wildman–Crippen LogP) is 10.1. The molecule has 0 aromatic rings. The second-order valence-electron chi connectivity index (χ2n) is 12.3. The van der Waals surface area contributed by atoms with Crippen LogP contribution in [0.4, 0.5) is 0 Å². The minimum Gasteiger partial charge on any atom is -0.391 e. The molecule has 0 spiro atoms. The molecule has 0 amide bonds. The van der Waals surface area contributed by atoms with Crippen molar-refractivity contribution in [2.75, 3.05) is 0 Å². The van der Waals surface area contributed by atoms with Crippen molar-refractivity contribution in [3.05, 3.63) is 0 Å². The molecule has 4 saturated carbocycles. The molecule has 4 aliphatic carbocycles. The summed E-state index contributed by atoms with van der Waals surface area (Å²) in [6.45, 7) is 0. The van der Waals surface area contributed by atoms with E-state index in [1.807, 2.05) is 0 Å². The molecule has 2 nitrogen and oxygen atoms in total. The Morgan fingerprint density at radius 1 is 0.303 bits per heavy atom. The van der Waals surface area contributed by atoms with Gasteiger partial charge in [0.25, 0.3) is 0 Å². The molecule has 3 heteroatoms. The van der Waals surface area contributed by atoms with Crippen LogP contribution in [0.25, 0.3) is 0 Å². The Hall–Kier alpha value is 0.137. The van der Waals surface area contributed by atoms with E-state index in [0.717, 1.165) is 11.1 Å². The fraction of sp³-hybridized carbons (Fsp3) is 1.00. The topological polar surface area (TPSA) is 18.5 Å². The van der Waals surface area contributed by atoms with E-state index in [4.69, 9.17) is 8.85 Å². The molecule has 0 radical (unpaired) electrons. The van der Waals surface area contributed by atoms with Crippen molar-refractivity contribution >= 4 is 8.56 Å².